The SMILES string of the molecule is CC[C@]12CN3CC[C@H]1C[C@@H]3[C@H](c1ccnc3ccc(OC(=O)N[C@@H](C)c4ccccc4)cc13)O2. The average molecular weight is 458 g/mol. The van der Waals surface area contributed by atoms with Crippen LogP contribution in [0, 0.1) is 5.92 Å². The molecule has 6 heterocycles. The van der Waals surface area contributed by atoms with Crippen molar-refractivity contribution in [2.24, 2.45) is 5.92 Å². The van der Waals surface area contributed by atoms with Gasteiger partial charge >= 0.3 is 6.09 Å². The average Bonchev–Trinajstić information content (AvgIpc) is 2.88. The third-order valence-corrected chi connectivity index (χ3v) is 8.18. The molecule has 5 fully saturated rings. The Kier molecular flexibility index (Phi) is 5.30. The van der Waals surface area contributed by atoms with E-state index in [2.05, 4.69) is 28.2 Å². The molecule has 5 aliphatic rings. The predicted octanol–water partition coefficient (Wildman–Crippen LogP) is 5.40. The fraction of sp³-hybridized carbons (Fsp3) is 0.429. The number of carbonyl (C=O) groups is 1. The normalized spacial score (nSPS) is 30.3. The van der Waals surface area contributed by atoms with Gasteiger partial charge in [0, 0.05) is 24.2 Å². The van der Waals surface area contributed by atoms with Crippen LogP contribution < -0.4 is 10.1 Å². The number of ether oxygens (including phenoxy) is 2. The molecule has 8 rings (SSSR count). The molecule has 0 radical (unpaired) electrons. The quantitative estimate of drug-likeness (QED) is 0.556. The maximum atomic E-state index is 12.6. The first kappa shape index (κ1) is 21.6. The molecule has 2 aromatic carbocycles. The summed E-state index contributed by atoms with van der Waals surface area (Å²) in [6.07, 6.45) is 4.88. The van der Waals surface area contributed by atoms with Crippen molar-refractivity contribution in [1.82, 2.24) is 15.2 Å². The number of rotatable bonds is 5. The first-order valence-electron chi connectivity index (χ1n) is 12.4. The molecule has 0 aliphatic carbocycles. The lowest BCUT2D eigenvalue weighted by Crippen LogP contribution is -2.70. The zero-order chi connectivity index (χ0) is 23.3. The van der Waals surface area contributed by atoms with Crippen molar-refractivity contribution in [2.45, 2.75) is 56.9 Å². The van der Waals surface area contributed by atoms with E-state index in [1.807, 2.05) is 55.6 Å². The van der Waals surface area contributed by atoms with Crippen LogP contribution in [0.2, 0.25) is 0 Å². The lowest BCUT2D eigenvalue weighted by Gasteiger charge is -2.64. The van der Waals surface area contributed by atoms with Gasteiger partial charge in [-0.25, -0.2) is 4.79 Å². The number of piperidine rings is 3. The molecule has 5 saturated heterocycles. The molecular weight excluding hydrogens is 426 g/mol. The molecule has 176 valence electrons. The number of fused-ring (bicyclic) bond motifs is 3. The molecule has 5 aliphatic heterocycles. The molecule has 6 heteroatoms. The highest BCUT2D eigenvalue weighted by atomic mass is 16.6. The molecule has 1 aromatic heterocycles. The summed E-state index contributed by atoms with van der Waals surface area (Å²) < 4.78 is 12.6. The van der Waals surface area contributed by atoms with Crippen LogP contribution in [0.5, 0.6) is 5.75 Å². The van der Waals surface area contributed by atoms with Crippen molar-refractivity contribution in [3.05, 3.63) is 71.9 Å². The molecule has 34 heavy (non-hydrogen) atoms. The van der Waals surface area contributed by atoms with Crippen LogP contribution in [0.15, 0.2) is 60.8 Å². The number of nitrogens with zero attached hydrogens (tertiary/aromatic N) is 2. The first-order chi connectivity index (χ1) is 16.6. The molecule has 1 amide bonds. The van der Waals surface area contributed by atoms with Crippen LogP contribution in [0.3, 0.4) is 0 Å². The molecule has 1 unspecified atom stereocenters. The third kappa shape index (κ3) is 3.56. The molecular formula is C28H31N3O3. The highest BCUT2D eigenvalue weighted by molar-refractivity contribution is 5.85. The Balaban J connectivity index is 1.26. The Morgan fingerprint density at radius 1 is 1.26 bits per heavy atom. The highest BCUT2D eigenvalue weighted by Gasteiger charge is 2.58. The number of aromatic nitrogens is 1. The zero-order valence-electron chi connectivity index (χ0n) is 19.7. The number of hydrogen-bond donors (Lipinski definition) is 1. The van der Waals surface area contributed by atoms with E-state index in [1.54, 1.807) is 6.07 Å². The van der Waals surface area contributed by atoms with E-state index in [1.165, 1.54) is 12.8 Å². The van der Waals surface area contributed by atoms with E-state index in [4.69, 9.17) is 9.47 Å². The summed E-state index contributed by atoms with van der Waals surface area (Å²) in [6, 6.07) is 17.8. The summed E-state index contributed by atoms with van der Waals surface area (Å²) in [7, 11) is 0. The minimum atomic E-state index is -0.470. The van der Waals surface area contributed by atoms with Gasteiger partial charge in [0.05, 0.1) is 23.3 Å². The summed E-state index contributed by atoms with van der Waals surface area (Å²) >= 11 is 0. The van der Waals surface area contributed by atoms with Crippen molar-refractivity contribution in [3.63, 3.8) is 0 Å². The fourth-order valence-corrected chi connectivity index (χ4v) is 6.32. The van der Waals surface area contributed by atoms with Crippen molar-refractivity contribution in [2.75, 3.05) is 13.1 Å². The van der Waals surface area contributed by atoms with E-state index >= 15 is 0 Å². The van der Waals surface area contributed by atoms with Gasteiger partial charge in [-0.2, -0.15) is 0 Å². The monoisotopic (exact) mass is 457 g/mol. The van der Waals surface area contributed by atoms with Gasteiger partial charge in [-0.05, 0) is 74.0 Å². The van der Waals surface area contributed by atoms with Gasteiger partial charge in [-0.1, -0.05) is 37.3 Å². The minimum Gasteiger partial charge on any atom is -0.410 e. The summed E-state index contributed by atoms with van der Waals surface area (Å²) in [5, 5.41) is 3.91. The van der Waals surface area contributed by atoms with Crippen LogP contribution >= 0.6 is 0 Å². The van der Waals surface area contributed by atoms with Crippen molar-refractivity contribution >= 4 is 17.0 Å². The molecule has 0 saturated carbocycles. The van der Waals surface area contributed by atoms with Gasteiger partial charge in [0.1, 0.15) is 5.75 Å². The van der Waals surface area contributed by atoms with Crippen LogP contribution in [0.4, 0.5) is 4.79 Å². The van der Waals surface area contributed by atoms with Crippen molar-refractivity contribution in [1.29, 1.82) is 0 Å². The largest absolute Gasteiger partial charge is 0.413 e. The van der Waals surface area contributed by atoms with Gasteiger partial charge < -0.3 is 14.8 Å². The van der Waals surface area contributed by atoms with E-state index in [0.29, 0.717) is 17.7 Å². The lowest BCUT2D eigenvalue weighted by atomic mass is 9.66. The number of morpholine rings is 1. The second-order valence-corrected chi connectivity index (χ2v) is 9.96. The van der Waals surface area contributed by atoms with Crippen molar-refractivity contribution < 1.29 is 14.3 Å². The number of benzene rings is 2. The lowest BCUT2D eigenvalue weighted by molar-refractivity contribution is -0.274. The molecule has 1 N–H and O–H groups in total. The topological polar surface area (TPSA) is 63.7 Å². The van der Waals surface area contributed by atoms with E-state index in [9.17, 15) is 4.79 Å². The number of hydrogen-bond acceptors (Lipinski definition) is 5. The van der Waals surface area contributed by atoms with E-state index in [0.717, 1.165) is 41.5 Å². The van der Waals surface area contributed by atoms with E-state index < -0.39 is 6.09 Å². The Hall–Kier alpha value is -2.96. The Morgan fingerprint density at radius 3 is 2.88 bits per heavy atom. The summed E-state index contributed by atoms with van der Waals surface area (Å²) in [5.41, 5.74) is 3.01. The van der Waals surface area contributed by atoms with Gasteiger partial charge in [0.2, 0.25) is 0 Å². The second kappa shape index (κ2) is 8.36. The molecule has 6 atom stereocenters. The first-order valence-corrected chi connectivity index (χ1v) is 12.4. The van der Waals surface area contributed by atoms with Crippen molar-refractivity contribution in [3.8, 4) is 5.75 Å². The molecule has 4 bridgehead atoms. The summed E-state index contributed by atoms with van der Waals surface area (Å²) in [4.78, 5) is 19.8. The zero-order valence-corrected chi connectivity index (χ0v) is 19.7. The van der Waals surface area contributed by atoms with E-state index in [-0.39, 0.29) is 17.7 Å². The van der Waals surface area contributed by atoms with Gasteiger partial charge in [0.15, 0.2) is 0 Å². The maximum Gasteiger partial charge on any atom is 0.413 e. The third-order valence-electron chi connectivity index (χ3n) is 8.18. The number of nitrogens with one attached hydrogen (secondary N) is 1. The van der Waals surface area contributed by atoms with Crippen LogP contribution in [0.25, 0.3) is 10.9 Å². The molecule has 0 spiro atoms. The highest BCUT2D eigenvalue weighted by Crippen LogP contribution is 2.54. The molecule has 3 aromatic rings. The molecule has 6 nitrogen and oxygen atoms in total. The van der Waals surface area contributed by atoms with Gasteiger partial charge in [-0.15, -0.1) is 0 Å². The fourth-order valence-electron chi connectivity index (χ4n) is 6.32. The smallest absolute Gasteiger partial charge is 0.410 e. The number of pyridine rings is 1. The number of amides is 1. The maximum absolute atomic E-state index is 12.6. The van der Waals surface area contributed by atoms with Gasteiger partial charge in [-0.3, -0.25) is 9.88 Å². The Morgan fingerprint density at radius 2 is 2.12 bits per heavy atom. The predicted molar refractivity (Wildman–Crippen MR) is 131 cm³/mol. The Labute approximate surface area is 200 Å². The summed E-state index contributed by atoms with van der Waals surface area (Å²) in [6.45, 7) is 6.41. The van der Waals surface area contributed by atoms with Crippen LogP contribution in [-0.2, 0) is 4.74 Å². The standard InChI is InChI=1S/C28H31N3O3/c1-3-28-17-31-14-12-20(28)15-25(31)26(34-28)22-11-13-29-24-10-9-21(16-23(22)24)33-27(32)30-18(2)19-7-5-4-6-8-19/h4-11,13,16,18,20,25-26H,3,12,14-15,17H2,1-2H3,(H,30,32)/t18-,20-,25+,26-,28-/m0/s1. The number of carbonyl (C=O) groups excluding carboxylic acids is 1. The summed E-state index contributed by atoms with van der Waals surface area (Å²) in [5.74, 6) is 1.17. The van der Waals surface area contributed by atoms with Gasteiger partial charge in [0.25, 0.3) is 0 Å². The second-order valence-electron chi connectivity index (χ2n) is 9.96. The Bertz CT molecular complexity index is 1220. The van der Waals surface area contributed by atoms with Crippen LogP contribution in [0.1, 0.15) is 56.4 Å². The van der Waals surface area contributed by atoms with Crippen LogP contribution in [-0.4, -0.2) is 40.7 Å². The minimum absolute atomic E-state index is 0.0120.